The molecule has 0 saturated carbocycles. The minimum Gasteiger partial charge on any atom is -0.458 e. The summed E-state index contributed by atoms with van der Waals surface area (Å²) < 4.78 is 45.5. The van der Waals surface area contributed by atoms with Gasteiger partial charge in [0.1, 0.15) is 6.10 Å². The van der Waals surface area contributed by atoms with Gasteiger partial charge in [-0.15, -0.1) is 0 Å². The molecule has 1 amide bonds. The molecule has 37 heavy (non-hydrogen) atoms. The molecule has 2 N–H and O–H groups in total. The van der Waals surface area contributed by atoms with E-state index in [0.29, 0.717) is 16.8 Å². The Kier molecular flexibility index (Phi) is 8.88. The molecule has 11 heteroatoms. The first-order valence-corrected chi connectivity index (χ1v) is 11.5. The number of carbonyl (C=O) groups excluding carboxylic acids is 3. The Morgan fingerprint density at radius 3 is 2.35 bits per heavy atom. The maximum atomic E-state index is 13.5. The van der Waals surface area contributed by atoms with Crippen molar-refractivity contribution in [2.45, 2.75) is 39.0 Å². The molecule has 7 nitrogen and oxygen atoms in total. The van der Waals surface area contributed by atoms with Crippen LogP contribution in [0, 0.1) is 0 Å². The topological polar surface area (TPSA) is 97.4 Å². The molecule has 0 aliphatic heterocycles. The van der Waals surface area contributed by atoms with E-state index in [1.165, 1.54) is 19.3 Å². The first kappa shape index (κ1) is 27.7. The summed E-state index contributed by atoms with van der Waals surface area (Å²) in [6, 6.07) is 11.6. The lowest BCUT2D eigenvalue weighted by atomic mass is 10.1. The number of hydrogen-bond acceptors (Lipinski definition) is 6. The predicted octanol–water partition coefficient (Wildman–Crippen LogP) is 6.72. The van der Waals surface area contributed by atoms with Gasteiger partial charge in [0.2, 0.25) is 5.91 Å². The third-order valence-electron chi connectivity index (χ3n) is 5.25. The van der Waals surface area contributed by atoms with Gasteiger partial charge < -0.3 is 15.4 Å². The monoisotopic (exact) mass is 533 g/mol. The summed E-state index contributed by atoms with van der Waals surface area (Å²) in [5, 5.41) is 4.83. The third-order valence-corrected chi connectivity index (χ3v) is 5.56. The third kappa shape index (κ3) is 7.78. The van der Waals surface area contributed by atoms with Gasteiger partial charge in [-0.1, -0.05) is 23.7 Å². The van der Waals surface area contributed by atoms with E-state index in [-0.39, 0.29) is 30.0 Å². The molecule has 1 unspecified atom stereocenters. The average Bonchev–Trinajstić information content (AvgIpc) is 2.84. The molecule has 3 aromatic rings. The minimum atomic E-state index is -4.75. The summed E-state index contributed by atoms with van der Waals surface area (Å²) in [5.41, 5.74) is 0.357. The molecule has 0 aliphatic carbocycles. The van der Waals surface area contributed by atoms with Crippen LogP contribution in [0.25, 0.3) is 0 Å². The van der Waals surface area contributed by atoms with E-state index in [4.69, 9.17) is 16.3 Å². The molecule has 0 saturated heterocycles. The van der Waals surface area contributed by atoms with Gasteiger partial charge in [-0.05, 0) is 48.9 Å². The molecular formula is C26H23ClF3N3O4. The Morgan fingerprint density at radius 1 is 1.05 bits per heavy atom. The molecule has 3 rings (SSSR count). The second kappa shape index (κ2) is 11.9. The van der Waals surface area contributed by atoms with Gasteiger partial charge >= 0.3 is 12.1 Å². The van der Waals surface area contributed by atoms with Crippen LogP contribution < -0.4 is 10.6 Å². The Morgan fingerprint density at radius 2 is 1.76 bits per heavy atom. The number of amides is 1. The van der Waals surface area contributed by atoms with E-state index in [2.05, 4.69) is 15.6 Å². The molecule has 1 heterocycles. The van der Waals surface area contributed by atoms with Gasteiger partial charge in [-0.25, -0.2) is 0 Å². The van der Waals surface area contributed by atoms with Gasteiger partial charge in [0.05, 0.1) is 22.0 Å². The number of Topliss-reactive ketones (excluding diaryl/α,β-unsaturated/α-hetero) is 1. The molecule has 0 aliphatic rings. The van der Waals surface area contributed by atoms with E-state index >= 15 is 0 Å². The highest BCUT2D eigenvalue weighted by Crippen LogP contribution is 2.40. The Hall–Kier alpha value is -3.92. The van der Waals surface area contributed by atoms with Gasteiger partial charge in [-0.3, -0.25) is 19.4 Å². The van der Waals surface area contributed by atoms with E-state index in [9.17, 15) is 27.6 Å². The Balaban J connectivity index is 1.80. The van der Waals surface area contributed by atoms with Crippen LogP contribution >= 0.6 is 11.6 Å². The number of benzene rings is 2. The summed E-state index contributed by atoms with van der Waals surface area (Å²) in [7, 11) is 0. The maximum Gasteiger partial charge on any atom is 0.417 e. The fraction of sp³-hybridized carbons (Fsp3) is 0.231. The van der Waals surface area contributed by atoms with E-state index in [1.807, 2.05) is 0 Å². The zero-order valence-electron chi connectivity index (χ0n) is 19.9. The molecule has 0 radical (unpaired) electrons. The van der Waals surface area contributed by atoms with Crippen molar-refractivity contribution >= 4 is 46.3 Å². The van der Waals surface area contributed by atoms with Crippen LogP contribution in [0.4, 0.5) is 30.2 Å². The van der Waals surface area contributed by atoms with Crippen molar-refractivity contribution in [3.8, 4) is 0 Å². The summed E-state index contributed by atoms with van der Waals surface area (Å²) >= 11 is 5.90. The molecular weight excluding hydrogens is 511 g/mol. The second-order valence-corrected chi connectivity index (χ2v) is 8.49. The van der Waals surface area contributed by atoms with Gasteiger partial charge in [0.15, 0.2) is 5.78 Å². The fourth-order valence-corrected chi connectivity index (χ4v) is 3.69. The molecule has 0 spiro atoms. The zero-order chi connectivity index (χ0) is 27.2. The number of esters is 1. The summed E-state index contributed by atoms with van der Waals surface area (Å²) in [6.45, 7) is 3.00. The zero-order valence-corrected chi connectivity index (χ0v) is 20.6. The van der Waals surface area contributed by atoms with Gasteiger partial charge in [-0.2, -0.15) is 13.2 Å². The number of pyridine rings is 1. The summed E-state index contributed by atoms with van der Waals surface area (Å²) in [4.78, 5) is 39.8. The number of anilines is 3. The largest absolute Gasteiger partial charge is 0.458 e. The number of hydrogen-bond donors (Lipinski definition) is 2. The highest BCUT2D eigenvalue weighted by molar-refractivity contribution is 6.32. The quantitative estimate of drug-likeness (QED) is 0.234. The van der Waals surface area contributed by atoms with Crippen molar-refractivity contribution in [3.05, 3.63) is 82.6 Å². The van der Waals surface area contributed by atoms with Crippen molar-refractivity contribution in [2.24, 2.45) is 0 Å². The lowest BCUT2D eigenvalue weighted by Crippen LogP contribution is -2.16. The van der Waals surface area contributed by atoms with Crippen molar-refractivity contribution < 1.29 is 32.3 Å². The van der Waals surface area contributed by atoms with Gasteiger partial charge in [0.25, 0.3) is 0 Å². The minimum absolute atomic E-state index is 0.116. The summed E-state index contributed by atoms with van der Waals surface area (Å²) in [5.74, 6) is -1.41. The maximum absolute atomic E-state index is 13.5. The average molecular weight is 534 g/mol. The number of aromatic nitrogens is 1. The first-order valence-electron chi connectivity index (χ1n) is 11.1. The SMILES string of the molecule is CC(=O)OC(C)c1ccc(Nc2cc(Cl)c(C(F)(F)F)cc2NC(=O)CCC(=O)c2cccnc2)cc1. The first-order chi connectivity index (χ1) is 17.4. The number of alkyl halides is 3. The number of carbonyl (C=O) groups is 3. The van der Waals surface area contributed by atoms with Crippen LogP contribution in [0.2, 0.25) is 5.02 Å². The van der Waals surface area contributed by atoms with Crippen LogP contribution in [0.3, 0.4) is 0 Å². The number of nitrogens with one attached hydrogen (secondary N) is 2. The van der Waals surface area contributed by atoms with E-state index in [1.54, 1.807) is 43.3 Å². The second-order valence-electron chi connectivity index (χ2n) is 8.09. The van der Waals surface area contributed by atoms with Crippen molar-refractivity contribution in [2.75, 3.05) is 10.6 Å². The van der Waals surface area contributed by atoms with Crippen LogP contribution in [0.1, 0.15) is 54.3 Å². The highest BCUT2D eigenvalue weighted by Gasteiger charge is 2.34. The lowest BCUT2D eigenvalue weighted by molar-refractivity contribution is -0.145. The van der Waals surface area contributed by atoms with Crippen molar-refractivity contribution in [1.29, 1.82) is 0 Å². The summed E-state index contributed by atoms with van der Waals surface area (Å²) in [6.07, 6.45) is -2.77. The molecule has 2 aromatic carbocycles. The normalized spacial score (nSPS) is 11.9. The van der Waals surface area contributed by atoms with E-state index < -0.39 is 34.7 Å². The lowest BCUT2D eigenvalue weighted by Gasteiger charge is -2.18. The number of halogens is 4. The number of rotatable bonds is 9. The van der Waals surface area contributed by atoms with Gasteiger partial charge in [0, 0.05) is 43.4 Å². The molecule has 1 aromatic heterocycles. The highest BCUT2D eigenvalue weighted by atomic mass is 35.5. The fourth-order valence-electron chi connectivity index (χ4n) is 3.42. The van der Waals surface area contributed by atoms with Crippen molar-refractivity contribution in [3.63, 3.8) is 0 Å². The Bertz CT molecular complexity index is 1280. The molecule has 1 atom stereocenters. The standard InChI is InChI=1S/C26H23ClF3N3O4/c1-15(37-16(2)34)17-5-7-19(8-6-17)32-23-13-21(27)20(26(28,29)30)12-22(23)33-25(36)10-9-24(35)18-4-3-11-31-14-18/h3-8,11-15,32H,9-10H2,1-2H3,(H,33,36). The van der Waals surface area contributed by atoms with Crippen LogP contribution in [-0.4, -0.2) is 22.6 Å². The van der Waals surface area contributed by atoms with E-state index in [0.717, 1.165) is 12.1 Å². The molecule has 194 valence electrons. The smallest absolute Gasteiger partial charge is 0.417 e. The number of ether oxygens (including phenoxy) is 1. The molecule has 0 bridgehead atoms. The molecule has 0 fully saturated rings. The van der Waals surface area contributed by atoms with Crippen LogP contribution in [0.5, 0.6) is 0 Å². The van der Waals surface area contributed by atoms with Crippen molar-refractivity contribution in [1.82, 2.24) is 4.98 Å². The number of ketones is 1. The van der Waals surface area contributed by atoms with Crippen LogP contribution in [0.15, 0.2) is 60.9 Å². The number of nitrogens with zero attached hydrogens (tertiary/aromatic N) is 1. The van der Waals surface area contributed by atoms with Crippen LogP contribution in [-0.2, 0) is 20.5 Å². The predicted molar refractivity (Wildman–Crippen MR) is 133 cm³/mol. The Labute approximate surface area is 216 Å².